The number of benzene rings is 2. The number of anilines is 1. The lowest BCUT2D eigenvalue weighted by atomic mass is 10.1. The van der Waals surface area contributed by atoms with Gasteiger partial charge in [0.25, 0.3) is 5.91 Å². The van der Waals surface area contributed by atoms with Crippen molar-refractivity contribution in [1.82, 2.24) is 5.09 Å². The fourth-order valence-electron chi connectivity index (χ4n) is 2.32. The second-order valence-electron chi connectivity index (χ2n) is 4.62. The number of amides is 1. The fourth-order valence-corrected chi connectivity index (χ4v) is 4.48. The predicted molar refractivity (Wildman–Crippen MR) is 76.0 cm³/mol. The van der Waals surface area contributed by atoms with Crippen molar-refractivity contribution in [3.05, 3.63) is 60.2 Å². The number of carbonyl (C=O) groups is 1. The summed E-state index contributed by atoms with van der Waals surface area (Å²) in [7, 11) is -2.61. The summed E-state index contributed by atoms with van der Waals surface area (Å²) in [6, 6.07) is 16.9. The molecule has 2 aromatic carbocycles. The molecule has 1 fully saturated rings. The van der Waals surface area contributed by atoms with E-state index in [1.807, 2.05) is 54.6 Å². The first-order valence-electron chi connectivity index (χ1n) is 6.27. The Morgan fingerprint density at radius 3 is 2.50 bits per heavy atom. The highest BCUT2D eigenvalue weighted by Crippen LogP contribution is 2.68. The van der Waals surface area contributed by atoms with Crippen molar-refractivity contribution in [2.45, 2.75) is 6.10 Å². The number of carbonyl (C=O) groups excluding carboxylic acids is 1. The van der Waals surface area contributed by atoms with Gasteiger partial charge < -0.3 is 0 Å². The third-order valence-electron chi connectivity index (χ3n) is 3.23. The molecule has 0 aromatic heterocycles. The van der Waals surface area contributed by atoms with E-state index in [1.54, 1.807) is 0 Å². The van der Waals surface area contributed by atoms with Gasteiger partial charge in [0.15, 0.2) is 0 Å². The average Bonchev–Trinajstić information content (AvgIpc) is 2.99. The van der Waals surface area contributed by atoms with Crippen LogP contribution in [-0.2, 0) is 9.32 Å². The van der Waals surface area contributed by atoms with Crippen LogP contribution in [0.3, 0.4) is 0 Å². The van der Waals surface area contributed by atoms with Crippen LogP contribution in [0.5, 0.6) is 5.75 Å². The number of nitrogens with one attached hydrogen (secondary N) is 2. The van der Waals surface area contributed by atoms with Crippen molar-refractivity contribution in [2.24, 2.45) is 0 Å². The van der Waals surface area contributed by atoms with Crippen LogP contribution in [-0.4, -0.2) is 5.91 Å². The highest BCUT2D eigenvalue weighted by Gasteiger charge is 2.62. The van der Waals surface area contributed by atoms with Gasteiger partial charge in [-0.05, 0) is 17.7 Å². The molecule has 5 nitrogen and oxygen atoms in total. The second-order valence-corrected chi connectivity index (χ2v) is 6.57. The van der Waals surface area contributed by atoms with E-state index in [-0.39, 0.29) is 5.91 Å². The van der Waals surface area contributed by atoms with Gasteiger partial charge in [-0.1, -0.05) is 42.5 Å². The molecule has 1 amide bonds. The molecule has 1 spiro atoms. The molecular weight excluding hydrogens is 275 g/mol. The van der Waals surface area contributed by atoms with E-state index in [9.17, 15) is 4.79 Å². The SMILES string of the molecule is O=C1N[P+]2(Nc3ccccc3O2)OC1c1ccccc1. The molecule has 2 heterocycles. The van der Waals surface area contributed by atoms with Crippen molar-refractivity contribution in [2.75, 3.05) is 5.09 Å². The Bertz CT molecular complexity index is 652. The molecule has 0 aliphatic carbocycles. The lowest BCUT2D eigenvalue weighted by molar-refractivity contribution is -0.123. The van der Waals surface area contributed by atoms with E-state index >= 15 is 0 Å². The maximum Gasteiger partial charge on any atom is 0.531 e. The van der Waals surface area contributed by atoms with Gasteiger partial charge in [-0.15, -0.1) is 9.61 Å². The van der Waals surface area contributed by atoms with Crippen LogP contribution in [0.15, 0.2) is 54.6 Å². The summed E-state index contributed by atoms with van der Waals surface area (Å²) >= 11 is 0. The summed E-state index contributed by atoms with van der Waals surface area (Å²) < 4.78 is 11.7. The zero-order chi connectivity index (χ0) is 13.6. The van der Waals surface area contributed by atoms with Crippen LogP contribution < -0.4 is 14.7 Å². The third kappa shape index (κ3) is 1.75. The Morgan fingerprint density at radius 2 is 1.70 bits per heavy atom. The van der Waals surface area contributed by atoms with Gasteiger partial charge in [-0.3, -0.25) is 9.32 Å². The Kier molecular flexibility index (Phi) is 2.46. The maximum atomic E-state index is 12.2. The minimum absolute atomic E-state index is 0.176. The molecule has 6 heteroatoms. The lowest BCUT2D eigenvalue weighted by Gasteiger charge is -2.09. The van der Waals surface area contributed by atoms with Crippen LogP contribution in [0.25, 0.3) is 0 Å². The van der Waals surface area contributed by atoms with Crippen molar-refractivity contribution in [3.63, 3.8) is 0 Å². The fraction of sp³-hybridized carbons (Fsp3) is 0.0714. The second kappa shape index (κ2) is 4.20. The van der Waals surface area contributed by atoms with E-state index in [0.717, 1.165) is 11.3 Å². The van der Waals surface area contributed by atoms with Crippen molar-refractivity contribution >= 4 is 19.6 Å². The summed E-state index contributed by atoms with van der Waals surface area (Å²) in [5, 5.41) is 6.02. The zero-order valence-electron chi connectivity index (χ0n) is 10.4. The van der Waals surface area contributed by atoms with Gasteiger partial charge in [0.2, 0.25) is 11.9 Å². The van der Waals surface area contributed by atoms with Gasteiger partial charge in [0.1, 0.15) is 5.69 Å². The molecule has 0 bridgehead atoms. The van der Waals surface area contributed by atoms with E-state index in [0.29, 0.717) is 5.75 Å². The minimum Gasteiger partial charge on any atom is -0.269 e. The first-order chi connectivity index (χ1) is 9.76. The molecule has 2 aliphatic rings. The van der Waals surface area contributed by atoms with E-state index < -0.39 is 14.1 Å². The van der Waals surface area contributed by atoms with Crippen LogP contribution >= 0.6 is 8.02 Å². The molecule has 2 unspecified atom stereocenters. The molecule has 20 heavy (non-hydrogen) atoms. The topological polar surface area (TPSA) is 59.6 Å². The number of para-hydroxylation sites is 2. The molecule has 2 aromatic rings. The highest BCUT2D eigenvalue weighted by atomic mass is 31.2. The predicted octanol–water partition coefficient (Wildman–Crippen LogP) is 3.06. The number of fused-ring (bicyclic) bond motifs is 1. The molecule has 0 radical (unpaired) electrons. The smallest absolute Gasteiger partial charge is 0.269 e. The van der Waals surface area contributed by atoms with Gasteiger partial charge in [0, 0.05) is 0 Å². The number of hydrogen-bond donors (Lipinski definition) is 2. The normalized spacial score (nSPS) is 26.8. The van der Waals surface area contributed by atoms with Crippen LogP contribution in [0.2, 0.25) is 0 Å². The lowest BCUT2D eigenvalue weighted by Crippen LogP contribution is -2.21. The average molecular weight is 287 g/mol. The monoisotopic (exact) mass is 287 g/mol. The van der Waals surface area contributed by atoms with Crippen molar-refractivity contribution in [1.29, 1.82) is 0 Å². The first kappa shape index (κ1) is 11.7. The minimum atomic E-state index is -2.61. The Hall–Kier alpha value is -2.10. The first-order valence-corrected chi connectivity index (χ1v) is 7.90. The molecule has 1 saturated heterocycles. The summed E-state index contributed by atoms with van der Waals surface area (Å²) in [5.74, 6) is 0.527. The van der Waals surface area contributed by atoms with E-state index in [4.69, 9.17) is 9.05 Å². The third-order valence-corrected chi connectivity index (χ3v) is 5.24. The Labute approximate surface area is 116 Å². The number of rotatable bonds is 1. The zero-order valence-corrected chi connectivity index (χ0v) is 11.3. The summed E-state index contributed by atoms with van der Waals surface area (Å²) in [5.41, 5.74) is 1.66. The van der Waals surface area contributed by atoms with Crippen LogP contribution in [0, 0.1) is 0 Å². The largest absolute Gasteiger partial charge is 0.531 e. The molecular formula is C14H12N2O3P+. The summed E-state index contributed by atoms with van der Waals surface area (Å²) in [4.78, 5) is 12.2. The Morgan fingerprint density at radius 1 is 0.950 bits per heavy atom. The van der Waals surface area contributed by atoms with Gasteiger partial charge in [-0.2, -0.15) is 5.09 Å². The quantitative estimate of drug-likeness (QED) is 0.791. The van der Waals surface area contributed by atoms with Crippen molar-refractivity contribution in [3.8, 4) is 5.75 Å². The van der Waals surface area contributed by atoms with Crippen LogP contribution in [0.1, 0.15) is 11.7 Å². The molecule has 2 N–H and O–H groups in total. The molecule has 0 saturated carbocycles. The summed E-state index contributed by atoms with van der Waals surface area (Å²) in [6.07, 6.45) is -0.633. The van der Waals surface area contributed by atoms with E-state index in [1.165, 1.54) is 0 Å². The van der Waals surface area contributed by atoms with Crippen LogP contribution in [0.4, 0.5) is 5.69 Å². The standard InChI is InChI=1S/C14H11N2O3P/c17-14-13(10-6-2-1-3-7-10)19-20(16-14)15-11-8-4-5-9-12(11)18-20/h1-9,13,15H/p+1. The molecule has 100 valence electrons. The van der Waals surface area contributed by atoms with Gasteiger partial charge >= 0.3 is 8.02 Å². The molecule has 2 aliphatic heterocycles. The summed E-state index contributed by atoms with van der Waals surface area (Å²) in [6.45, 7) is 0. The Balaban J connectivity index is 1.64. The molecule has 4 rings (SSSR count). The molecule has 2 atom stereocenters. The van der Waals surface area contributed by atoms with Gasteiger partial charge in [-0.25, -0.2) is 0 Å². The van der Waals surface area contributed by atoms with Crippen molar-refractivity contribution < 1.29 is 13.8 Å². The number of hydrogen-bond acceptors (Lipinski definition) is 4. The van der Waals surface area contributed by atoms with Gasteiger partial charge in [0.05, 0.1) is 0 Å². The maximum absolute atomic E-state index is 12.2. The highest BCUT2D eigenvalue weighted by molar-refractivity contribution is 7.68. The van der Waals surface area contributed by atoms with E-state index in [2.05, 4.69) is 10.2 Å².